The average Bonchev–Trinajstić information content (AvgIpc) is 2.69. The van der Waals surface area contributed by atoms with Gasteiger partial charge in [-0.15, -0.1) is 0 Å². The molecular weight excluding hydrogens is 334 g/mol. The summed E-state index contributed by atoms with van der Waals surface area (Å²) in [6.45, 7) is 3.42. The number of rotatable bonds is 6. The van der Waals surface area contributed by atoms with Crippen LogP contribution in [0.5, 0.6) is 0 Å². The zero-order chi connectivity index (χ0) is 18.4. The fourth-order valence-corrected chi connectivity index (χ4v) is 2.97. The van der Waals surface area contributed by atoms with Crippen molar-refractivity contribution >= 4 is 11.6 Å². The van der Waals surface area contributed by atoms with E-state index < -0.39 is 4.92 Å². The van der Waals surface area contributed by atoms with E-state index in [0.29, 0.717) is 25.3 Å². The van der Waals surface area contributed by atoms with E-state index in [2.05, 4.69) is 22.3 Å². The van der Waals surface area contributed by atoms with E-state index in [-0.39, 0.29) is 17.7 Å². The number of nitrogens with one attached hydrogen (secondary N) is 1. The van der Waals surface area contributed by atoms with E-state index in [1.54, 1.807) is 6.07 Å². The molecule has 7 heteroatoms. The van der Waals surface area contributed by atoms with Gasteiger partial charge in [-0.1, -0.05) is 36.4 Å². The maximum Gasteiger partial charge on any atom is 0.270 e. The molecule has 1 aliphatic rings. The molecule has 0 aliphatic carbocycles. The SMILES string of the molecule is O=C(NCCN1CCOC(c2ccccc2)C1)c1cccc([N+](=O)[O-])c1. The molecule has 1 unspecified atom stereocenters. The lowest BCUT2D eigenvalue weighted by atomic mass is 10.1. The zero-order valence-electron chi connectivity index (χ0n) is 14.3. The van der Waals surface area contributed by atoms with Gasteiger partial charge in [-0.2, -0.15) is 0 Å². The van der Waals surface area contributed by atoms with Crippen LogP contribution in [0, 0.1) is 10.1 Å². The van der Waals surface area contributed by atoms with Crippen molar-refractivity contribution in [2.75, 3.05) is 32.8 Å². The Kier molecular flexibility index (Phi) is 5.93. The molecule has 136 valence electrons. The molecule has 1 saturated heterocycles. The molecule has 0 bridgehead atoms. The van der Waals surface area contributed by atoms with Gasteiger partial charge in [0, 0.05) is 43.9 Å². The van der Waals surface area contributed by atoms with Crippen molar-refractivity contribution in [3.05, 3.63) is 75.8 Å². The molecule has 2 aromatic carbocycles. The van der Waals surface area contributed by atoms with Crippen molar-refractivity contribution in [1.29, 1.82) is 0 Å². The molecule has 2 aromatic rings. The molecule has 0 radical (unpaired) electrons. The summed E-state index contributed by atoms with van der Waals surface area (Å²) < 4.78 is 5.83. The van der Waals surface area contributed by atoms with Crippen LogP contribution in [0.2, 0.25) is 0 Å². The van der Waals surface area contributed by atoms with Gasteiger partial charge in [0.2, 0.25) is 0 Å². The first-order valence-corrected chi connectivity index (χ1v) is 8.55. The molecule has 1 heterocycles. The summed E-state index contributed by atoms with van der Waals surface area (Å²) in [5, 5.41) is 13.6. The first kappa shape index (κ1) is 18.0. The Morgan fingerprint density at radius 3 is 2.81 bits per heavy atom. The van der Waals surface area contributed by atoms with Gasteiger partial charge >= 0.3 is 0 Å². The Hall–Kier alpha value is -2.77. The number of benzene rings is 2. The van der Waals surface area contributed by atoms with Crippen molar-refractivity contribution in [2.24, 2.45) is 0 Å². The van der Waals surface area contributed by atoms with Crippen LogP contribution in [-0.4, -0.2) is 48.5 Å². The second-order valence-electron chi connectivity index (χ2n) is 6.13. The van der Waals surface area contributed by atoms with Crippen LogP contribution in [0.1, 0.15) is 22.0 Å². The second kappa shape index (κ2) is 8.55. The van der Waals surface area contributed by atoms with Gasteiger partial charge in [0.25, 0.3) is 11.6 Å². The van der Waals surface area contributed by atoms with Crippen molar-refractivity contribution in [3.8, 4) is 0 Å². The molecule has 1 N–H and O–H groups in total. The highest BCUT2D eigenvalue weighted by Crippen LogP contribution is 2.21. The molecule has 1 aliphatic heterocycles. The van der Waals surface area contributed by atoms with Gasteiger partial charge in [0.15, 0.2) is 0 Å². The Morgan fingerprint density at radius 2 is 2.04 bits per heavy atom. The predicted octanol–water partition coefficient (Wildman–Crippen LogP) is 2.40. The average molecular weight is 355 g/mol. The number of carbonyl (C=O) groups excluding carboxylic acids is 1. The van der Waals surface area contributed by atoms with Gasteiger partial charge < -0.3 is 10.1 Å². The molecule has 0 spiro atoms. The van der Waals surface area contributed by atoms with Crippen molar-refractivity contribution in [2.45, 2.75) is 6.10 Å². The number of morpholine rings is 1. The monoisotopic (exact) mass is 355 g/mol. The van der Waals surface area contributed by atoms with E-state index in [1.807, 2.05) is 18.2 Å². The molecule has 0 saturated carbocycles. The van der Waals surface area contributed by atoms with E-state index in [0.717, 1.165) is 18.7 Å². The van der Waals surface area contributed by atoms with E-state index in [9.17, 15) is 14.9 Å². The largest absolute Gasteiger partial charge is 0.371 e. The smallest absolute Gasteiger partial charge is 0.270 e. The van der Waals surface area contributed by atoms with Crippen molar-refractivity contribution in [3.63, 3.8) is 0 Å². The van der Waals surface area contributed by atoms with Crippen LogP contribution in [0.25, 0.3) is 0 Å². The number of nitrogens with zero attached hydrogens (tertiary/aromatic N) is 2. The third-order valence-electron chi connectivity index (χ3n) is 4.35. The molecule has 3 rings (SSSR count). The maximum atomic E-state index is 12.2. The number of non-ortho nitro benzene ring substituents is 1. The van der Waals surface area contributed by atoms with Gasteiger partial charge in [-0.3, -0.25) is 19.8 Å². The van der Waals surface area contributed by atoms with Gasteiger partial charge in [-0.25, -0.2) is 0 Å². The van der Waals surface area contributed by atoms with Crippen LogP contribution in [0.4, 0.5) is 5.69 Å². The summed E-state index contributed by atoms with van der Waals surface area (Å²) in [5.74, 6) is -0.304. The molecule has 0 aromatic heterocycles. The molecule has 1 fully saturated rings. The number of amides is 1. The highest BCUT2D eigenvalue weighted by atomic mass is 16.6. The first-order valence-electron chi connectivity index (χ1n) is 8.55. The number of ether oxygens (including phenoxy) is 1. The lowest BCUT2D eigenvalue weighted by Gasteiger charge is -2.33. The minimum atomic E-state index is -0.506. The van der Waals surface area contributed by atoms with Crippen LogP contribution >= 0.6 is 0 Å². The summed E-state index contributed by atoms with van der Waals surface area (Å²) in [7, 11) is 0. The van der Waals surface area contributed by atoms with Crippen molar-refractivity contribution in [1.82, 2.24) is 10.2 Å². The maximum absolute atomic E-state index is 12.2. The Morgan fingerprint density at radius 1 is 1.23 bits per heavy atom. The summed E-state index contributed by atoms with van der Waals surface area (Å²) in [5.41, 5.74) is 1.36. The zero-order valence-corrected chi connectivity index (χ0v) is 14.3. The van der Waals surface area contributed by atoms with Crippen LogP contribution in [-0.2, 0) is 4.74 Å². The summed E-state index contributed by atoms with van der Waals surface area (Å²) in [6.07, 6.45) is 0.0393. The molecule has 1 atom stereocenters. The van der Waals surface area contributed by atoms with E-state index in [4.69, 9.17) is 4.74 Å². The number of nitro groups is 1. The van der Waals surface area contributed by atoms with Gasteiger partial charge in [0.1, 0.15) is 0 Å². The Balaban J connectivity index is 1.49. The first-order chi connectivity index (χ1) is 12.6. The minimum Gasteiger partial charge on any atom is -0.371 e. The highest BCUT2D eigenvalue weighted by molar-refractivity contribution is 5.94. The van der Waals surface area contributed by atoms with Crippen LogP contribution in [0.15, 0.2) is 54.6 Å². The highest BCUT2D eigenvalue weighted by Gasteiger charge is 2.21. The lowest BCUT2D eigenvalue weighted by molar-refractivity contribution is -0.384. The topological polar surface area (TPSA) is 84.7 Å². The predicted molar refractivity (Wildman–Crippen MR) is 97.0 cm³/mol. The summed E-state index contributed by atoms with van der Waals surface area (Å²) in [6, 6.07) is 15.8. The molecule has 1 amide bonds. The molecule has 26 heavy (non-hydrogen) atoms. The van der Waals surface area contributed by atoms with Crippen LogP contribution < -0.4 is 5.32 Å². The van der Waals surface area contributed by atoms with Gasteiger partial charge in [0.05, 0.1) is 17.6 Å². The Labute approximate surface area is 151 Å². The fourth-order valence-electron chi connectivity index (χ4n) is 2.97. The van der Waals surface area contributed by atoms with Crippen molar-refractivity contribution < 1.29 is 14.5 Å². The van der Waals surface area contributed by atoms with E-state index >= 15 is 0 Å². The number of carbonyl (C=O) groups is 1. The number of hydrogen-bond donors (Lipinski definition) is 1. The summed E-state index contributed by atoms with van der Waals surface area (Å²) in [4.78, 5) is 24.7. The van der Waals surface area contributed by atoms with E-state index in [1.165, 1.54) is 18.2 Å². The third-order valence-corrected chi connectivity index (χ3v) is 4.35. The van der Waals surface area contributed by atoms with Crippen LogP contribution in [0.3, 0.4) is 0 Å². The second-order valence-corrected chi connectivity index (χ2v) is 6.13. The Bertz CT molecular complexity index is 766. The summed E-state index contributed by atoms with van der Waals surface area (Å²) >= 11 is 0. The molecule has 7 nitrogen and oxygen atoms in total. The molecular formula is C19H21N3O4. The lowest BCUT2D eigenvalue weighted by Crippen LogP contribution is -2.42. The number of hydrogen-bond acceptors (Lipinski definition) is 5. The van der Waals surface area contributed by atoms with Gasteiger partial charge in [-0.05, 0) is 11.6 Å². The minimum absolute atomic E-state index is 0.0393. The third kappa shape index (κ3) is 4.65. The normalized spacial score (nSPS) is 17.6. The quantitative estimate of drug-likeness (QED) is 0.635. The standard InChI is InChI=1S/C19H21N3O4/c23-19(16-7-4-8-17(13-16)22(24)25)20-9-10-21-11-12-26-18(14-21)15-5-2-1-3-6-15/h1-8,13,18H,9-12,14H2,(H,20,23). The fraction of sp³-hybridized carbons (Fsp3) is 0.316. The number of nitro benzene ring substituents is 1.